The minimum Gasteiger partial charge on any atom is -0.466 e. The molecule has 6 heteroatoms. The fourth-order valence-corrected chi connectivity index (χ4v) is 3.32. The van der Waals surface area contributed by atoms with Gasteiger partial charge >= 0.3 is 5.97 Å². The van der Waals surface area contributed by atoms with Gasteiger partial charge in [-0.2, -0.15) is 0 Å². The summed E-state index contributed by atoms with van der Waals surface area (Å²) >= 11 is 1.46. The molecule has 1 aromatic heterocycles. The number of esters is 1. The van der Waals surface area contributed by atoms with Gasteiger partial charge < -0.3 is 9.16 Å². The summed E-state index contributed by atoms with van der Waals surface area (Å²) in [5.74, 6) is -0.455. The van der Waals surface area contributed by atoms with Gasteiger partial charge in [0.05, 0.1) is 12.7 Å². The highest BCUT2D eigenvalue weighted by atomic mass is 32.1. The van der Waals surface area contributed by atoms with Gasteiger partial charge in [0, 0.05) is 11.6 Å². The van der Waals surface area contributed by atoms with Crippen molar-refractivity contribution in [3.63, 3.8) is 0 Å². The minimum absolute atomic E-state index is 0.0406. The maximum atomic E-state index is 11.8. The zero-order chi connectivity index (χ0) is 15.6. The fourth-order valence-electron chi connectivity index (χ4n) is 1.34. The number of methoxy groups -OCH3 is 1. The Morgan fingerprint density at radius 1 is 1.45 bits per heavy atom. The van der Waals surface area contributed by atoms with Crippen LogP contribution in [-0.4, -0.2) is 26.4 Å². The van der Waals surface area contributed by atoms with Crippen molar-refractivity contribution < 1.29 is 14.0 Å². The Bertz CT molecular complexity index is 477. The average molecular weight is 313 g/mol. The van der Waals surface area contributed by atoms with Crippen molar-refractivity contribution in [1.29, 1.82) is 0 Å². The molecule has 0 fully saturated rings. The first kappa shape index (κ1) is 17.1. The third-order valence-corrected chi connectivity index (χ3v) is 8.91. The lowest BCUT2D eigenvalue weighted by Crippen LogP contribution is -2.42. The van der Waals surface area contributed by atoms with Crippen molar-refractivity contribution in [2.24, 2.45) is 0 Å². The molecule has 1 unspecified atom stereocenters. The lowest BCUT2D eigenvalue weighted by Gasteiger charge is -2.38. The highest BCUT2D eigenvalue weighted by Crippen LogP contribution is 2.41. The number of thiazole rings is 1. The second-order valence-corrected chi connectivity index (χ2v) is 11.8. The first-order chi connectivity index (χ1) is 9.10. The van der Waals surface area contributed by atoms with Crippen LogP contribution in [-0.2, 0) is 14.0 Å². The summed E-state index contributed by atoms with van der Waals surface area (Å²) in [5.41, 5.74) is 0.298. The van der Waals surface area contributed by atoms with Gasteiger partial charge in [0.1, 0.15) is 11.1 Å². The Kier molecular flexibility index (Phi) is 5.29. The third kappa shape index (κ3) is 3.77. The van der Waals surface area contributed by atoms with Crippen LogP contribution in [0.25, 0.3) is 0 Å². The Morgan fingerprint density at radius 3 is 2.45 bits per heavy atom. The molecule has 1 aromatic rings. The quantitative estimate of drug-likeness (QED) is 0.469. The van der Waals surface area contributed by atoms with Gasteiger partial charge in [-0.05, 0) is 18.1 Å². The normalized spacial score (nSPS) is 13.9. The van der Waals surface area contributed by atoms with Gasteiger partial charge in [-0.25, -0.2) is 9.78 Å². The zero-order valence-electron chi connectivity index (χ0n) is 13.0. The van der Waals surface area contributed by atoms with E-state index in [1.165, 1.54) is 18.4 Å². The minimum atomic E-state index is -2.05. The maximum absolute atomic E-state index is 11.8. The van der Waals surface area contributed by atoms with E-state index in [0.29, 0.717) is 5.57 Å². The molecule has 20 heavy (non-hydrogen) atoms. The maximum Gasteiger partial charge on any atom is 0.336 e. The molecule has 0 bridgehead atoms. The summed E-state index contributed by atoms with van der Waals surface area (Å²) < 4.78 is 11.1. The van der Waals surface area contributed by atoms with Crippen LogP contribution in [0.2, 0.25) is 18.1 Å². The molecule has 1 rings (SSSR count). The molecule has 4 nitrogen and oxygen atoms in total. The molecule has 112 valence electrons. The van der Waals surface area contributed by atoms with Gasteiger partial charge in [0.2, 0.25) is 0 Å². The van der Waals surface area contributed by atoms with Crippen LogP contribution in [0.3, 0.4) is 0 Å². The zero-order valence-corrected chi connectivity index (χ0v) is 14.8. The first-order valence-corrected chi connectivity index (χ1v) is 10.2. The predicted molar refractivity (Wildman–Crippen MR) is 84.3 cm³/mol. The van der Waals surface area contributed by atoms with Crippen molar-refractivity contribution in [2.45, 2.75) is 45.0 Å². The lowest BCUT2D eigenvalue weighted by atomic mass is 10.2. The Balaban J connectivity index is 3.08. The highest BCUT2D eigenvalue weighted by molar-refractivity contribution is 7.09. The average Bonchev–Trinajstić information content (AvgIpc) is 2.86. The number of ether oxygens (including phenoxy) is 1. The highest BCUT2D eigenvalue weighted by Gasteiger charge is 2.41. The summed E-state index contributed by atoms with van der Waals surface area (Å²) in [6, 6.07) is 0. The van der Waals surface area contributed by atoms with Gasteiger partial charge in [-0.3, -0.25) is 0 Å². The molecular weight excluding hydrogens is 290 g/mol. The van der Waals surface area contributed by atoms with Crippen LogP contribution in [0.15, 0.2) is 23.7 Å². The number of nitrogens with zero attached hydrogens (tertiary/aromatic N) is 1. The van der Waals surface area contributed by atoms with Gasteiger partial charge in [-0.15, -0.1) is 11.3 Å². The van der Waals surface area contributed by atoms with E-state index >= 15 is 0 Å². The van der Waals surface area contributed by atoms with Gasteiger partial charge in [0.25, 0.3) is 0 Å². The molecule has 0 saturated carbocycles. The molecule has 0 saturated heterocycles. The van der Waals surface area contributed by atoms with Crippen LogP contribution in [0.5, 0.6) is 0 Å². The SMILES string of the molecule is C=C(C(=O)OC)C(O[Si](C)(C)C(C)(C)C)c1nccs1. The summed E-state index contributed by atoms with van der Waals surface area (Å²) in [6.45, 7) is 14.6. The standard InChI is InChI=1S/C14H23NO3SSi/c1-10(13(16)17-5)11(12-15-8-9-19-12)18-20(6,7)14(2,3)4/h8-9,11H,1H2,2-7H3. The smallest absolute Gasteiger partial charge is 0.336 e. The van der Waals surface area contributed by atoms with Crippen molar-refractivity contribution in [2.75, 3.05) is 7.11 Å². The van der Waals surface area contributed by atoms with Crippen molar-refractivity contribution in [1.82, 2.24) is 4.98 Å². The van der Waals surface area contributed by atoms with Gasteiger partial charge in [-0.1, -0.05) is 27.4 Å². The van der Waals surface area contributed by atoms with E-state index in [1.807, 2.05) is 5.38 Å². The summed E-state index contributed by atoms with van der Waals surface area (Å²) in [5, 5.41) is 2.64. The van der Waals surface area contributed by atoms with Crippen LogP contribution in [0.4, 0.5) is 0 Å². The van der Waals surface area contributed by atoms with E-state index in [0.717, 1.165) is 5.01 Å². The Morgan fingerprint density at radius 2 is 2.05 bits per heavy atom. The van der Waals surface area contributed by atoms with Crippen LogP contribution in [0, 0.1) is 0 Å². The molecule has 0 aliphatic rings. The number of hydrogen-bond acceptors (Lipinski definition) is 5. The second kappa shape index (κ2) is 6.20. The lowest BCUT2D eigenvalue weighted by molar-refractivity contribution is -0.137. The number of hydrogen-bond donors (Lipinski definition) is 0. The first-order valence-electron chi connectivity index (χ1n) is 6.44. The van der Waals surface area contributed by atoms with E-state index in [9.17, 15) is 4.79 Å². The summed E-state index contributed by atoms with van der Waals surface area (Å²) in [6.07, 6.45) is 1.18. The van der Waals surface area contributed by atoms with Crippen LogP contribution >= 0.6 is 11.3 Å². The van der Waals surface area contributed by atoms with Crippen LogP contribution in [0.1, 0.15) is 31.9 Å². The van der Waals surface area contributed by atoms with E-state index < -0.39 is 20.4 Å². The fraction of sp³-hybridized carbons (Fsp3) is 0.571. The molecule has 0 N–H and O–H groups in total. The molecule has 1 atom stereocenters. The molecule has 1 heterocycles. The predicted octanol–water partition coefficient (Wildman–Crippen LogP) is 3.94. The van der Waals surface area contributed by atoms with E-state index in [4.69, 9.17) is 9.16 Å². The largest absolute Gasteiger partial charge is 0.466 e. The molecular formula is C14H23NO3SSi. The second-order valence-electron chi connectivity index (χ2n) is 6.15. The number of carbonyl (C=O) groups is 1. The summed E-state index contributed by atoms with van der Waals surface area (Å²) in [7, 11) is -0.701. The number of aromatic nitrogens is 1. The number of rotatable bonds is 5. The molecule has 0 amide bonds. The van der Waals surface area contributed by atoms with E-state index in [1.54, 1.807) is 6.20 Å². The van der Waals surface area contributed by atoms with Crippen molar-refractivity contribution in [3.8, 4) is 0 Å². The Labute approximate surface area is 126 Å². The van der Waals surface area contributed by atoms with E-state index in [-0.39, 0.29) is 5.04 Å². The number of carbonyl (C=O) groups excluding carboxylic acids is 1. The molecule has 0 aromatic carbocycles. The summed E-state index contributed by atoms with van der Waals surface area (Å²) in [4.78, 5) is 16.0. The van der Waals surface area contributed by atoms with E-state index in [2.05, 4.69) is 45.4 Å². The third-order valence-electron chi connectivity index (χ3n) is 3.66. The van der Waals surface area contributed by atoms with Crippen molar-refractivity contribution >= 4 is 25.6 Å². The van der Waals surface area contributed by atoms with Crippen molar-refractivity contribution in [3.05, 3.63) is 28.7 Å². The molecule has 0 spiro atoms. The molecule has 0 aliphatic carbocycles. The Hall–Kier alpha value is -0.983. The molecule has 0 aliphatic heterocycles. The monoisotopic (exact) mass is 313 g/mol. The van der Waals surface area contributed by atoms with Crippen LogP contribution < -0.4 is 0 Å². The molecule has 0 radical (unpaired) electrons. The van der Waals surface area contributed by atoms with Gasteiger partial charge in [0.15, 0.2) is 8.32 Å². The topological polar surface area (TPSA) is 48.4 Å².